The van der Waals surface area contributed by atoms with Gasteiger partial charge < -0.3 is 15.2 Å². The Balaban J connectivity index is 1.25. The summed E-state index contributed by atoms with van der Waals surface area (Å²) in [4.78, 5) is 21.2. The third-order valence-electron chi connectivity index (χ3n) is 7.32. The van der Waals surface area contributed by atoms with E-state index in [0.717, 1.165) is 96.3 Å². The number of aliphatic hydroxyl groups excluding tert-OH is 1. The first kappa shape index (κ1) is 25.8. The summed E-state index contributed by atoms with van der Waals surface area (Å²) in [5.74, 6) is 0.658. The number of aliphatic hydroxyl groups is 1. The first-order valence-corrected chi connectivity index (χ1v) is 14.3. The minimum atomic E-state index is -0.196. The Labute approximate surface area is 231 Å². The largest absolute Gasteiger partial charge is 0.393 e. The SMILES string of the molecule is N#Cc1cncc(-c2ccc3nc(Cc4cc(CN5CCOCC5)nc(NC5CCC(O)CC5)n4)sc3c2)c1. The summed E-state index contributed by atoms with van der Waals surface area (Å²) < 4.78 is 6.61. The van der Waals surface area contributed by atoms with Crippen LogP contribution < -0.4 is 5.32 Å². The molecule has 39 heavy (non-hydrogen) atoms. The number of nitrogens with zero attached hydrogens (tertiary/aromatic N) is 6. The number of hydrogen-bond acceptors (Lipinski definition) is 10. The van der Waals surface area contributed by atoms with Crippen LogP contribution >= 0.6 is 11.3 Å². The average molecular weight is 542 g/mol. The fourth-order valence-electron chi connectivity index (χ4n) is 5.22. The molecule has 6 rings (SSSR count). The van der Waals surface area contributed by atoms with Gasteiger partial charge in [0.2, 0.25) is 5.95 Å². The zero-order chi connectivity index (χ0) is 26.6. The number of hydrogen-bond donors (Lipinski definition) is 2. The van der Waals surface area contributed by atoms with Crippen LogP contribution in [0.25, 0.3) is 21.3 Å². The number of morpholine rings is 1. The van der Waals surface area contributed by atoms with Gasteiger partial charge in [0, 0.05) is 50.1 Å². The molecule has 1 saturated heterocycles. The molecule has 10 heteroatoms. The summed E-state index contributed by atoms with van der Waals surface area (Å²) >= 11 is 1.66. The Morgan fingerprint density at radius 2 is 1.82 bits per heavy atom. The predicted octanol–water partition coefficient (Wildman–Crippen LogP) is 4.16. The molecule has 1 saturated carbocycles. The van der Waals surface area contributed by atoms with Gasteiger partial charge in [-0.3, -0.25) is 9.88 Å². The van der Waals surface area contributed by atoms with E-state index in [4.69, 9.17) is 19.7 Å². The molecule has 9 nitrogen and oxygen atoms in total. The molecular weight excluding hydrogens is 510 g/mol. The molecule has 4 heterocycles. The number of thiazole rings is 1. The van der Waals surface area contributed by atoms with E-state index in [0.29, 0.717) is 17.9 Å². The molecule has 2 fully saturated rings. The number of ether oxygens (including phenoxy) is 1. The van der Waals surface area contributed by atoms with Crippen molar-refractivity contribution < 1.29 is 9.84 Å². The Morgan fingerprint density at radius 3 is 2.64 bits per heavy atom. The quantitative estimate of drug-likeness (QED) is 0.355. The maximum absolute atomic E-state index is 9.90. The predicted molar refractivity (Wildman–Crippen MR) is 150 cm³/mol. The summed E-state index contributed by atoms with van der Waals surface area (Å²) in [5, 5.41) is 23.7. The number of pyridine rings is 1. The Hall–Kier alpha value is -3.49. The van der Waals surface area contributed by atoms with Gasteiger partial charge in [0.15, 0.2) is 0 Å². The normalized spacial score (nSPS) is 20.1. The Bertz CT molecular complexity index is 1490. The van der Waals surface area contributed by atoms with Crippen LogP contribution in [0.5, 0.6) is 0 Å². The van der Waals surface area contributed by atoms with E-state index in [9.17, 15) is 10.4 Å². The van der Waals surface area contributed by atoms with Crippen LogP contribution in [-0.4, -0.2) is 68.4 Å². The highest BCUT2D eigenvalue weighted by atomic mass is 32.1. The molecule has 1 aliphatic heterocycles. The van der Waals surface area contributed by atoms with Crippen molar-refractivity contribution >= 4 is 27.5 Å². The van der Waals surface area contributed by atoms with Gasteiger partial charge in [0.05, 0.1) is 51.5 Å². The number of anilines is 1. The van der Waals surface area contributed by atoms with Crippen LogP contribution in [0.15, 0.2) is 42.7 Å². The molecule has 3 aromatic heterocycles. The van der Waals surface area contributed by atoms with Crippen molar-refractivity contribution in [1.82, 2.24) is 24.8 Å². The zero-order valence-electron chi connectivity index (χ0n) is 21.7. The summed E-state index contributed by atoms with van der Waals surface area (Å²) in [5.41, 5.74) is 5.36. The molecule has 1 aliphatic carbocycles. The van der Waals surface area contributed by atoms with E-state index in [1.807, 2.05) is 18.2 Å². The third kappa shape index (κ3) is 6.40. The van der Waals surface area contributed by atoms with Crippen molar-refractivity contribution in [3.05, 3.63) is 64.7 Å². The second-order valence-electron chi connectivity index (χ2n) is 10.3. The zero-order valence-corrected chi connectivity index (χ0v) is 22.5. The number of aromatic nitrogens is 4. The van der Waals surface area contributed by atoms with E-state index < -0.39 is 0 Å². The lowest BCUT2D eigenvalue weighted by Crippen LogP contribution is -2.36. The molecule has 0 radical (unpaired) electrons. The number of nitriles is 1. The van der Waals surface area contributed by atoms with Crippen molar-refractivity contribution in [3.63, 3.8) is 0 Å². The number of benzene rings is 1. The van der Waals surface area contributed by atoms with Crippen LogP contribution in [-0.2, 0) is 17.7 Å². The van der Waals surface area contributed by atoms with E-state index in [1.54, 1.807) is 23.7 Å². The molecule has 0 unspecified atom stereocenters. The second kappa shape index (κ2) is 11.7. The van der Waals surface area contributed by atoms with Crippen molar-refractivity contribution in [3.8, 4) is 17.2 Å². The summed E-state index contributed by atoms with van der Waals surface area (Å²) in [6, 6.07) is 12.6. The van der Waals surface area contributed by atoms with Crippen molar-refractivity contribution in [2.75, 3.05) is 31.6 Å². The van der Waals surface area contributed by atoms with Gasteiger partial charge in [-0.2, -0.15) is 5.26 Å². The van der Waals surface area contributed by atoms with Crippen molar-refractivity contribution in [1.29, 1.82) is 5.26 Å². The number of rotatable bonds is 7. The first-order chi connectivity index (χ1) is 19.1. The second-order valence-corrected chi connectivity index (χ2v) is 11.4. The van der Waals surface area contributed by atoms with E-state index in [-0.39, 0.29) is 12.1 Å². The van der Waals surface area contributed by atoms with Crippen LogP contribution in [0.3, 0.4) is 0 Å². The molecule has 2 N–H and O–H groups in total. The van der Waals surface area contributed by atoms with Crippen LogP contribution in [0.4, 0.5) is 5.95 Å². The summed E-state index contributed by atoms with van der Waals surface area (Å²) in [6.45, 7) is 4.05. The maximum atomic E-state index is 9.90. The van der Waals surface area contributed by atoms with Crippen LogP contribution in [0.1, 0.15) is 47.6 Å². The topological polar surface area (TPSA) is 120 Å². The first-order valence-electron chi connectivity index (χ1n) is 13.5. The van der Waals surface area contributed by atoms with Gasteiger partial charge in [-0.05, 0) is 55.5 Å². The third-order valence-corrected chi connectivity index (χ3v) is 8.34. The van der Waals surface area contributed by atoms with Gasteiger partial charge in [-0.25, -0.2) is 15.0 Å². The number of nitrogens with one attached hydrogen (secondary N) is 1. The van der Waals surface area contributed by atoms with E-state index >= 15 is 0 Å². The molecule has 2 aliphatic rings. The van der Waals surface area contributed by atoms with Gasteiger partial charge in [0.25, 0.3) is 0 Å². The van der Waals surface area contributed by atoms with Gasteiger partial charge in [0.1, 0.15) is 6.07 Å². The molecule has 0 atom stereocenters. The fourth-order valence-corrected chi connectivity index (χ4v) is 6.24. The lowest BCUT2D eigenvalue weighted by molar-refractivity contribution is 0.0336. The minimum absolute atomic E-state index is 0.196. The Kier molecular flexibility index (Phi) is 7.74. The van der Waals surface area contributed by atoms with E-state index in [1.165, 1.54) is 0 Å². The van der Waals surface area contributed by atoms with Gasteiger partial charge >= 0.3 is 0 Å². The lowest BCUT2D eigenvalue weighted by atomic mass is 9.93. The highest BCUT2D eigenvalue weighted by Gasteiger charge is 2.21. The molecule has 200 valence electrons. The molecular formula is C29H31N7O2S. The molecule has 0 amide bonds. The molecule has 0 bridgehead atoms. The van der Waals surface area contributed by atoms with Gasteiger partial charge in [-0.1, -0.05) is 6.07 Å². The monoisotopic (exact) mass is 541 g/mol. The molecule has 4 aromatic rings. The average Bonchev–Trinajstić information content (AvgIpc) is 3.36. The Morgan fingerprint density at radius 1 is 1.00 bits per heavy atom. The van der Waals surface area contributed by atoms with Crippen LogP contribution in [0.2, 0.25) is 0 Å². The lowest BCUT2D eigenvalue weighted by Gasteiger charge is -2.27. The van der Waals surface area contributed by atoms with Crippen molar-refractivity contribution in [2.45, 2.75) is 50.8 Å². The van der Waals surface area contributed by atoms with Crippen LogP contribution in [0, 0.1) is 11.3 Å². The van der Waals surface area contributed by atoms with E-state index in [2.05, 4.69) is 33.4 Å². The fraction of sp³-hybridized carbons (Fsp3) is 0.414. The van der Waals surface area contributed by atoms with Gasteiger partial charge in [-0.15, -0.1) is 11.3 Å². The summed E-state index contributed by atoms with van der Waals surface area (Å²) in [6.07, 6.45) is 7.23. The molecule has 0 spiro atoms. The number of fused-ring (bicyclic) bond motifs is 1. The summed E-state index contributed by atoms with van der Waals surface area (Å²) in [7, 11) is 0. The highest BCUT2D eigenvalue weighted by Crippen LogP contribution is 2.30. The maximum Gasteiger partial charge on any atom is 0.223 e. The standard InChI is InChI=1S/C29H31N7O2S/c30-15-19-11-21(17-31-16-19)20-1-6-26-27(12-20)39-28(35-26)14-23-13-24(18-36-7-9-38-10-8-36)34-29(33-23)32-22-2-4-25(37)5-3-22/h1,6,11-13,16-17,22,25,37H,2-5,7-10,14,18H2,(H,32,33,34). The van der Waals surface area contributed by atoms with Crippen molar-refractivity contribution in [2.24, 2.45) is 0 Å². The smallest absolute Gasteiger partial charge is 0.223 e. The molecule has 1 aromatic carbocycles. The minimum Gasteiger partial charge on any atom is -0.393 e. The highest BCUT2D eigenvalue weighted by molar-refractivity contribution is 7.18.